The summed E-state index contributed by atoms with van der Waals surface area (Å²) in [6.07, 6.45) is 4.51. The monoisotopic (exact) mass is 412 g/mol. The lowest BCUT2D eigenvalue weighted by Crippen LogP contribution is -2.54. The molecule has 1 spiro atoms. The zero-order valence-electron chi connectivity index (χ0n) is 17.1. The number of rotatable bonds is 6. The van der Waals surface area contributed by atoms with E-state index >= 15 is 0 Å². The Balaban J connectivity index is 1.35. The Labute approximate surface area is 176 Å². The summed E-state index contributed by atoms with van der Waals surface area (Å²) in [5.41, 5.74) is 5.55. The average Bonchev–Trinajstić information content (AvgIpc) is 2.75. The highest BCUT2D eigenvalue weighted by atomic mass is 32.2. The van der Waals surface area contributed by atoms with Crippen LogP contribution in [0.4, 0.5) is 0 Å². The van der Waals surface area contributed by atoms with Crippen LogP contribution in [-0.4, -0.2) is 51.8 Å². The van der Waals surface area contributed by atoms with E-state index < -0.39 is 11.3 Å². The summed E-state index contributed by atoms with van der Waals surface area (Å²) < 4.78 is 23.8. The molecule has 0 amide bonds. The Hall–Kier alpha value is -1.57. The summed E-state index contributed by atoms with van der Waals surface area (Å²) in [6, 6.07) is 17.2. The Kier molecular flexibility index (Phi) is 6.47. The number of hydrogen-bond donors (Lipinski definition) is 1. The van der Waals surface area contributed by atoms with E-state index in [9.17, 15) is 8.76 Å². The standard InChI is InChI=1S/C23H31N3O2S/c1-25-13-10-21-7-2-3-8-22(21)23(25)11-15-26(16-12-23)14-9-19-5-4-6-20(17-19)18-24-29(27)28/h2-8,17,24H,9-16,18H2,1H3,(H,27,28)/p-1. The van der Waals surface area contributed by atoms with Gasteiger partial charge >= 0.3 is 0 Å². The molecular weight excluding hydrogens is 382 g/mol. The first-order valence-corrected chi connectivity index (χ1v) is 11.6. The van der Waals surface area contributed by atoms with Gasteiger partial charge in [-0.25, -0.2) is 4.72 Å². The molecule has 0 aliphatic carbocycles. The number of benzene rings is 2. The molecule has 2 aliphatic heterocycles. The lowest BCUT2D eigenvalue weighted by Gasteiger charge is -2.51. The molecule has 156 valence electrons. The van der Waals surface area contributed by atoms with Crippen molar-refractivity contribution in [2.75, 3.05) is 33.2 Å². The summed E-state index contributed by atoms with van der Waals surface area (Å²) in [7, 11) is 2.29. The van der Waals surface area contributed by atoms with Gasteiger partial charge in [-0.15, -0.1) is 0 Å². The summed E-state index contributed by atoms with van der Waals surface area (Å²) in [6.45, 7) is 4.78. The highest BCUT2D eigenvalue weighted by Gasteiger charge is 2.42. The molecule has 2 aliphatic rings. The number of nitrogens with one attached hydrogen (secondary N) is 1. The van der Waals surface area contributed by atoms with Crippen LogP contribution in [0, 0.1) is 0 Å². The van der Waals surface area contributed by atoms with Crippen molar-refractivity contribution in [2.24, 2.45) is 0 Å². The van der Waals surface area contributed by atoms with Crippen LogP contribution in [0.25, 0.3) is 0 Å². The largest absolute Gasteiger partial charge is 0.760 e. The zero-order valence-corrected chi connectivity index (χ0v) is 17.9. The minimum atomic E-state index is -2.22. The molecule has 2 aromatic carbocycles. The molecule has 1 N–H and O–H groups in total. The Morgan fingerprint density at radius 2 is 1.83 bits per heavy atom. The van der Waals surface area contributed by atoms with Gasteiger partial charge in [0.1, 0.15) is 0 Å². The third kappa shape index (κ3) is 4.62. The molecule has 1 fully saturated rings. The van der Waals surface area contributed by atoms with Gasteiger partial charge in [0.2, 0.25) is 0 Å². The average molecular weight is 413 g/mol. The second kappa shape index (κ2) is 9.06. The van der Waals surface area contributed by atoms with Gasteiger partial charge in [0.15, 0.2) is 0 Å². The van der Waals surface area contributed by atoms with Crippen molar-refractivity contribution < 1.29 is 8.76 Å². The highest BCUT2D eigenvalue weighted by molar-refractivity contribution is 7.77. The van der Waals surface area contributed by atoms with E-state index in [1.54, 1.807) is 5.56 Å². The van der Waals surface area contributed by atoms with E-state index in [-0.39, 0.29) is 5.54 Å². The van der Waals surface area contributed by atoms with Crippen LogP contribution in [0.15, 0.2) is 48.5 Å². The molecular formula is C23H30N3O2S-. The molecule has 0 bridgehead atoms. The van der Waals surface area contributed by atoms with Crippen LogP contribution in [0.5, 0.6) is 0 Å². The number of likely N-dealkylation sites (N-methyl/N-ethyl adjacent to an activating group) is 1. The van der Waals surface area contributed by atoms with Gasteiger partial charge in [0, 0.05) is 49.5 Å². The van der Waals surface area contributed by atoms with E-state index in [1.165, 1.54) is 24.0 Å². The van der Waals surface area contributed by atoms with E-state index in [4.69, 9.17) is 0 Å². The normalized spacial score (nSPS) is 20.5. The van der Waals surface area contributed by atoms with Gasteiger partial charge in [0.25, 0.3) is 0 Å². The zero-order chi connectivity index (χ0) is 20.3. The summed E-state index contributed by atoms with van der Waals surface area (Å²) >= 11 is -2.22. The van der Waals surface area contributed by atoms with Crippen LogP contribution in [0.3, 0.4) is 0 Å². The predicted molar refractivity (Wildman–Crippen MR) is 116 cm³/mol. The first-order chi connectivity index (χ1) is 14.1. The highest BCUT2D eigenvalue weighted by Crippen LogP contribution is 2.42. The van der Waals surface area contributed by atoms with Gasteiger partial charge < -0.3 is 9.45 Å². The molecule has 0 saturated carbocycles. The van der Waals surface area contributed by atoms with E-state index in [1.807, 2.05) is 12.1 Å². The molecule has 4 rings (SSSR count). The Morgan fingerprint density at radius 1 is 1.07 bits per heavy atom. The Bertz CT molecular complexity index is 865. The van der Waals surface area contributed by atoms with Gasteiger partial charge in [-0.2, -0.15) is 0 Å². The fraction of sp³-hybridized carbons (Fsp3) is 0.478. The maximum atomic E-state index is 10.7. The van der Waals surface area contributed by atoms with Crippen molar-refractivity contribution in [2.45, 2.75) is 37.8 Å². The fourth-order valence-corrected chi connectivity index (χ4v) is 5.31. The van der Waals surface area contributed by atoms with Crippen LogP contribution in [-0.2, 0) is 36.2 Å². The van der Waals surface area contributed by atoms with Crippen molar-refractivity contribution in [1.82, 2.24) is 14.5 Å². The van der Waals surface area contributed by atoms with Gasteiger partial charge in [0.05, 0.1) is 0 Å². The van der Waals surface area contributed by atoms with Crippen molar-refractivity contribution in [3.05, 3.63) is 70.8 Å². The van der Waals surface area contributed by atoms with Crippen molar-refractivity contribution in [3.8, 4) is 0 Å². The molecule has 1 unspecified atom stereocenters. The molecule has 0 radical (unpaired) electrons. The summed E-state index contributed by atoms with van der Waals surface area (Å²) in [5.74, 6) is 0. The van der Waals surface area contributed by atoms with E-state index in [2.05, 4.69) is 58.0 Å². The molecule has 5 nitrogen and oxygen atoms in total. The number of piperidine rings is 1. The molecule has 29 heavy (non-hydrogen) atoms. The maximum Gasteiger partial charge on any atom is 0.0484 e. The quantitative estimate of drug-likeness (QED) is 0.741. The fourth-order valence-electron chi connectivity index (χ4n) is 5.02. The number of fused-ring (bicyclic) bond motifs is 2. The number of hydrogen-bond acceptors (Lipinski definition) is 4. The Morgan fingerprint density at radius 3 is 2.62 bits per heavy atom. The first-order valence-electron chi connectivity index (χ1n) is 10.5. The summed E-state index contributed by atoms with van der Waals surface area (Å²) in [4.78, 5) is 5.16. The predicted octanol–water partition coefficient (Wildman–Crippen LogP) is 2.59. The van der Waals surface area contributed by atoms with Gasteiger partial charge in [-0.1, -0.05) is 48.5 Å². The van der Waals surface area contributed by atoms with Crippen LogP contribution in [0.2, 0.25) is 0 Å². The summed E-state index contributed by atoms with van der Waals surface area (Å²) in [5, 5.41) is 0. The lowest BCUT2D eigenvalue weighted by molar-refractivity contribution is 0.0284. The molecule has 0 aromatic heterocycles. The van der Waals surface area contributed by atoms with E-state index in [0.717, 1.165) is 44.6 Å². The van der Waals surface area contributed by atoms with Gasteiger partial charge in [-0.3, -0.25) is 9.11 Å². The maximum absolute atomic E-state index is 10.7. The third-order valence-electron chi connectivity index (χ3n) is 6.75. The third-order valence-corrected chi connectivity index (χ3v) is 7.13. The van der Waals surface area contributed by atoms with Crippen molar-refractivity contribution >= 4 is 11.3 Å². The SMILES string of the molecule is CN1CCc2ccccc2C12CCN(CCc1cccc(CNS(=O)[O-])c1)CC2. The van der Waals surface area contributed by atoms with Crippen LogP contribution >= 0.6 is 0 Å². The lowest BCUT2D eigenvalue weighted by atomic mass is 9.74. The van der Waals surface area contributed by atoms with Crippen LogP contribution in [0.1, 0.15) is 35.1 Å². The number of likely N-dealkylation sites (tertiary alicyclic amines) is 1. The number of nitrogens with zero attached hydrogens (tertiary/aromatic N) is 2. The molecule has 6 heteroatoms. The molecule has 2 aromatic rings. The van der Waals surface area contributed by atoms with Crippen molar-refractivity contribution in [1.29, 1.82) is 0 Å². The second-order valence-corrected chi connectivity index (χ2v) is 9.09. The molecule has 1 atom stereocenters. The smallest absolute Gasteiger partial charge is 0.0484 e. The van der Waals surface area contributed by atoms with E-state index in [0.29, 0.717) is 6.54 Å². The van der Waals surface area contributed by atoms with Gasteiger partial charge in [-0.05, 0) is 55.0 Å². The topological polar surface area (TPSA) is 58.6 Å². The minimum absolute atomic E-state index is 0.199. The van der Waals surface area contributed by atoms with Crippen LogP contribution < -0.4 is 4.72 Å². The minimum Gasteiger partial charge on any atom is -0.760 e. The molecule has 2 heterocycles. The van der Waals surface area contributed by atoms with Crippen molar-refractivity contribution in [3.63, 3.8) is 0 Å². The molecule has 1 saturated heterocycles. The first kappa shape index (κ1) is 20.7. The second-order valence-electron chi connectivity index (χ2n) is 8.33.